The second-order valence-corrected chi connectivity index (χ2v) is 6.15. The molecule has 3 rings (SSSR count). The molecule has 0 saturated carbocycles. The van der Waals surface area contributed by atoms with E-state index in [2.05, 4.69) is 21.9 Å². The van der Waals surface area contributed by atoms with Gasteiger partial charge in [-0.25, -0.2) is 9.97 Å². The van der Waals surface area contributed by atoms with Gasteiger partial charge in [-0.15, -0.1) is 0 Å². The molecule has 2 aromatic heterocycles. The van der Waals surface area contributed by atoms with Crippen LogP contribution in [0.4, 0.5) is 19.0 Å². The minimum Gasteiger partial charge on any atom is -0.379 e. The third-order valence-electron chi connectivity index (χ3n) is 4.46. The summed E-state index contributed by atoms with van der Waals surface area (Å²) in [4.78, 5) is 13.8. The minimum atomic E-state index is -4.54. The van der Waals surface area contributed by atoms with Crippen molar-refractivity contribution in [3.8, 4) is 11.4 Å². The van der Waals surface area contributed by atoms with Crippen LogP contribution in [0.5, 0.6) is 0 Å². The molecule has 1 saturated heterocycles. The molecule has 1 fully saturated rings. The zero-order valence-electron chi connectivity index (χ0n) is 14.0. The van der Waals surface area contributed by atoms with Crippen molar-refractivity contribution in [2.75, 3.05) is 25.1 Å². The predicted molar refractivity (Wildman–Crippen MR) is 87.1 cm³/mol. The fourth-order valence-corrected chi connectivity index (χ4v) is 2.92. The molecule has 2 atom stereocenters. The second-order valence-electron chi connectivity index (χ2n) is 6.15. The first kappa shape index (κ1) is 17.6. The van der Waals surface area contributed by atoms with E-state index in [-0.39, 0.29) is 17.7 Å². The quantitative estimate of drug-likeness (QED) is 0.847. The molecule has 1 aliphatic heterocycles. The van der Waals surface area contributed by atoms with E-state index in [9.17, 15) is 13.2 Å². The third-order valence-corrected chi connectivity index (χ3v) is 4.46. The van der Waals surface area contributed by atoms with Crippen molar-refractivity contribution in [2.45, 2.75) is 25.6 Å². The molecule has 0 amide bonds. The van der Waals surface area contributed by atoms with Crippen LogP contribution in [-0.4, -0.2) is 41.3 Å². The van der Waals surface area contributed by atoms with Crippen LogP contribution in [0.1, 0.15) is 19.0 Å². The number of hydrogen-bond acceptors (Lipinski definition) is 5. The highest BCUT2D eigenvalue weighted by Gasteiger charge is 2.35. The molecule has 25 heavy (non-hydrogen) atoms. The number of hydrogen-bond donors (Lipinski definition) is 0. The molecule has 134 valence electrons. The third kappa shape index (κ3) is 3.89. The SMILES string of the molecule is COC1CN(c2cc(C(F)(F)F)nc(-c3ccncc3)n2)CCC1C. The highest BCUT2D eigenvalue weighted by Crippen LogP contribution is 2.33. The Labute approximate surface area is 143 Å². The smallest absolute Gasteiger partial charge is 0.379 e. The standard InChI is InChI=1S/C17H19F3N4O/c1-11-5-8-24(10-13(11)25-2)15-9-14(17(18,19)20)22-16(23-15)12-3-6-21-7-4-12/h3-4,6-7,9,11,13H,5,8,10H2,1-2H3. The summed E-state index contributed by atoms with van der Waals surface area (Å²) in [5, 5.41) is 0. The summed E-state index contributed by atoms with van der Waals surface area (Å²) in [5.74, 6) is 0.660. The number of nitrogens with zero attached hydrogens (tertiary/aromatic N) is 4. The van der Waals surface area contributed by atoms with E-state index in [0.29, 0.717) is 24.6 Å². The Morgan fingerprint density at radius 1 is 1.20 bits per heavy atom. The van der Waals surface area contributed by atoms with Crippen LogP contribution in [-0.2, 0) is 10.9 Å². The van der Waals surface area contributed by atoms with Crippen molar-refractivity contribution in [2.24, 2.45) is 5.92 Å². The lowest BCUT2D eigenvalue weighted by molar-refractivity contribution is -0.141. The van der Waals surface area contributed by atoms with Crippen LogP contribution in [0.25, 0.3) is 11.4 Å². The van der Waals surface area contributed by atoms with Crippen LogP contribution in [0.3, 0.4) is 0 Å². The van der Waals surface area contributed by atoms with Crippen LogP contribution in [0, 0.1) is 5.92 Å². The summed E-state index contributed by atoms with van der Waals surface area (Å²) < 4.78 is 45.3. The van der Waals surface area contributed by atoms with Gasteiger partial charge in [-0.3, -0.25) is 4.98 Å². The molecule has 1 aliphatic rings. The summed E-state index contributed by atoms with van der Waals surface area (Å²) in [6.07, 6.45) is -0.746. The molecule has 0 aromatic carbocycles. The summed E-state index contributed by atoms with van der Waals surface area (Å²) in [7, 11) is 1.62. The molecule has 0 bridgehead atoms. The van der Waals surface area contributed by atoms with Crippen LogP contribution in [0.15, 0.2) is 30.6 Å². The van der Waals surface area contributed by atoms with Gasteiger partial charge in [-0.1, -0.05) is 6.92 Å². The largest absolute Gasteiger partial charge is 0.433 e. The monoisotopic (exact) mass is 352 g/mol. The number of aromatic nitrogens is 3. The number of pyridine rings is 1. The maximum atomic E-state index is 13.3. The highest BCUT2D eigenvalue weighted by molar-refractivity contribution is 5.57. The van der Waals surface area contributed by atoms with Gasteiger partial charge in [0.15, 0.2) is 11.5 Å². The normalized spacial score (nSPS) is 21.4. The van der Waals surface area contributed by atoms with Gasteiger partial charge < -0.3 is 9.64 Å². The maximum Gasteiger partial charge on any atom is 0.433 e. The Morgan fingerprint density at radius 2 is 1.92 bits per heavy atom. The number of methoxy groups -OCH3 is 1. The lowest BCUT2D eigenvalue weighted by Gasteiger charge is -2.37. The van der Waals surface area contributed by atoms with E-state index < -0.39 is 11.9 Å². The number of halogens is 3. The summed E-state index contributed by atoms with van der Waals surface area (Å²) in [6.45, 7) is 3.21. The molecule has 5 nitrogen and oxygen atoms in total. The van der Waals surface area contributed by atoms with E-state index in [1.165, 1.54) is 12.4 Å². The molecular formula is C17H19F3N4O. The van der Waals surface area contributed by atoms with Gasteiger partial charge in [0.25, 0.3) is 0 Å². The van der Waals surface area contributed by atoms with Crippen molar-refractivity contribution < 1.29 is 17.9 Å². The van der Waals surface area contributed by atoms with E-state index in [4.69, 9.17) is 4.74 Å². The fourth-order valence-electron chi connectivity index (χ4n) is 2.92. The van der Waals surface area contributed by atoms with Crippen molar-refractivity contribution in [3.05, 3.63) is 36.3 Å². The molecule has 3 heterocycles. The Morgan fingerprint density at radius 3 is 2.56 bits per heavy atom. The van der Waals surface area contributed by atoms with Gasteiger partial charge in [-0.2, -0.15) is 13.2 Å². The zero-order chi connectivity index (χ0) is 18.0. The molecular weight excluding hydrogens is 333 g/mol. The summed E-state index contributed by atoms with van der Waals surface area (Å²) in [6, 6.07) is 4.19. The van der Waals surface area contributed by atoms with Crippen LogP contribution in [0.2, 0.25) is 0 Å². The Bertz CT molecular complexity index is 724. The number of piperidine rings is 1. The first-order chi connectivity index (χ1) is 11.9. The number of alkyl halides is 3. The van der Waals surface area contributed by atoms with Gasteiger partial charge in [-0.05, 0) is 24.5 Å². The zero-order valence-corrected chi connectivity index (χ0v) is 14.0. The van der Waals surface area contributed by atoms with Crippen LogP contribution >= 0.6 is 0 Å². The summed E-state index contributed by atoms with van der Waals surface area (Å²) >= 11 is 0. The molecule has 0 aliphatic carbocycles. The van der Waals surface area contributed by atoms with Gasteiger partial charge in [0.1, 0.15) is 5.82 Å². The number of rotatable bonds is 3. The first-order valence-electron chi connectivity index (χ1n) is 8.03. The van der Waals surface area contributed by atoms with Crippen molar-refractivity contribution in [3.63, 3.8) is 0 Å². The van der Waals surface area contributed by atoms with E-state index in [1.807, 2.05) is 4.90 Å². The van der Waals surface area contributed by atoms with E-state index >= 15 is 0 Å². The predicted octanol–water partition coefficient (Wildman–Crippen LogP) is 3.42. The Hall–Kier alpha value is -2.22. The molecule has 2 unspecified atom stereocenters. The van der Waals surface area contributed by atoms with Gasteiger partial charge in [0.05, 0.1) is 6.10 Å². The fraction of sp³-hybridized carbons (Fsp3) is 0.471. The van der Waals surface area contributed by atoms with E-state index in [1.54, 1.807) is 19.2 Å². The van der Waals surface area contributed by atoms with Gasteiger partial charge in [0.2, 0.25) is 0 Å². The van der Waals surface area contributed by atoms with E-state index in [0.717, 1.165) is 12.5 Å². The van der Waals surface area contributed by atoms with Crippen molar-refractivity contribution in [1.82, 2.24) is 15.0 Å². The average Bonchev–Trinajstić information content (AvgIpc) is 2.62. The number of anilines is 1. The first-order valence-corrected chi connectivity index (χ1v) is 8.03. The van der Waals surface area contributed by atoms with Crippen LogP contribution < -0.4 is 4.90 Å². The lowest BCUT2D eigenvalue weighted by Crippen LogP contribution is -2.44. The van der Waals surface area contributed by atoms with Crippen molar-refractivity contribution >= 4 is 5.82 Å². The van der Waals surface area contributed by atoms with Crippen molar-refractivity contribution in [1.29, 1.82) is 0 Å². The Balaban J connectivity index is 2.01. The number of ether oxygens (including phenoxy) is 1. The lowest BCUT2D eigenvalue weighted by atomic mass is 9.96. The van der Waals surface area contributed by atoms with Gasteiger partial charge in [0, 0.05) is 44.2 Å². The second kappa shape index (κ2) is 6.95. The molecule has 2 aromatic rings. The van der Waals surface area contributed by atoms with Gasteiger partial charge >= 0.3 is 6.18 Å². The average molecular weight is 352 g/mol. The topological polar surface area (TPSA) is 51.1 Å². The molecule has 0 radical (unpaired) electrons. The highest BCUT2D eigenvalue weighted by atomic mass is 19.4. The maximum absolute atomic E-state index is 13.3. The summed E-state index contributed by atoms with van der Waals surface area (Å²) in [5.41, 5.74) is -0.451. The Kier molecular flexibility index (Phi) is 4.89. The molecule has 0 spiro atoms. The molecule has 0 N–H and O–H groups in total. The molecule has 8 heteroatoms. The minimum absolute atomic E-state index is 0.0394.